The predicted octanol–water partition coefficient (Wildman–Crippen LogP) is 7.67. The van der Waals surface area contributed by atoms with E-state index >= 15 is 0 Å². The molecule has 0 aliphatic carbocycles. The Morgan fingerprint density at radius 1 is 0.600 bits per heavy atom. The fraction of sp³-hybridized carbons (Fsp3) is 0.833. The molecule has 2 atom stereocenters. The highest BCUT2D eigenvalue weighted by molar-refractivity contribution is 5.85. The first-order valence-corrected chi connectivity index (χ1v) is 16.7. The smallest absolute Gasteiger partial charge is 0.307 e. The number of amides is 1. The minimum absolute atomic E-state index is 0.0283. The number of rotatable bonds is 20. The number of nitrogens with one attached hydrogen (secondary N) is 1. The summed E-state index contributed by atoms with van der Waals surface area (Å²) in [7, 11) is 0. The Hall–Kier alpha value is -2.58. The zero-order chi connectivity index (χ0) is 35.6. The number of hydrogen-bond acceptors (Lipinski definition) is 6. The van der Waals surface area contributed by atoms with E-state index < -0.39 is 29.2 Å². The average Bonchev–Trinajstić information content (AvgIpc) is 2.87. The zero-order valence-corrected chi connectivity index (χ0v) is 30.3. The van der Waals surface area contributed by atoms with Gasteiger partial charge in [-0.05, 0) is 36.5 Å². The van der Waals surface area contributed by atoms with Crippen molar-refractivity contribution in [3.8, 4) is 0 Å². The summed E-state index contributed by atoms with van der Waals surface area (Å²) >= 11 is 0. The number of carbonyl (C=O) groups excluding carboxylic acids is 4. The lowest BCUT2D eigenvalue weighted by Gasteiger charge is -2.28. The SMILES string of the molecule is CC(C)(C)C(=O)CCCCCNC(=O)C(CC(=O)O)C(C)(C)C.CC(C)C(=O)CCCCCCC(=O)CC(C(=O)O)C(C)(C)C. The average molecular weight is 640 g/mol. The Balaban J connectivity index is 0. The van der Waals surface area contributed by atoms with Gasteiger partial charge in [-0.1, -0.05) is 95.4 Å². The first-order valence-electron chi connectivity index (χ1n) is 16.7. The summed E-state index contributed by atoms with van der Waals surface area (Å²) in [4.78, 5) is 69.5. The quantitative estimate of drug-likeness (QED) is 0.115. The third-order valence-corrected chi connectivity index (χ3v) is 8.01. The van der Waals surface area contributed by atoms with Crippen LogP contribution in [0.2, 0.25) is 0 Å². The molecular weight excluding hydrogens is 574 g/mol. The van der Waals surface area contributed by atoms with Gasteiger partial charge < -0.3 is 15.5 Å². The molecule has 3 N–H and O–H groups in total. The molecule has 0 fully saturated rings. The largest absolute Gasteiger partial charge is 0.481 e. The summed E-state index contributed by atoms with van der Waals surface area (Å²) in [6.07, 6.45) is 7.63. The van der Waals surface area contributed by atoms with Crippen LogP contribution in [0, 0.1) is 34.0 Å². The van der Waals surface area contributed by atoms with Crippen molar-refractivity contribution < 1.29 is 39.0 Å². The number of Topliss-reactive ketones (excluding diaryl/α,β-unsaturated/α-hetero) is 3. The number of aliphatic carboxylic acids is 2. The summed E-state index contributed by atoms with van der Waals surface area (Å²) in [5.74, 6) is -2.53. The normalized spacial score (nSPS) is 13.3. The lowest BCUT2D eigenvalue weighted by Crippen LogP contribution is -2.39. The van der Waals surface area contributed by atoms with E-state index in [1.165, 1.54) is 0 Å². The molecule has 0 bridgehead atoms. The lowest BCUT2D eigenvalue weighted by atomic mass is 9.77. The molecule has 0 saturated heterocycles. The monoisotopic (exact) mass is 639 g/mol. The number of hydrogen-bond donors (Lipinski definition) is 3. The summed E-state index contributed by atoms with van der Waals surface area (Å²) in [5.41, 5.74) is -1.08. The topological polar surface area (TPSA) is 155 Å². The highest BCUT2D eigenvalue weighted by Gasteiger charge is 2.33. The Morgan fingerprint density at radius 2 is 1.07 bits per heavy atom. The maximum absolute atomic E-state index is 12.2. The van der Waals surface area contributed by atoms with Gasteiger partial charge in [0.1, 0.15) is 17.3 Å². The summed E-state index contributed by atoms with van der Waals surface area (Å²) < 4.78 is 0. The summed E-state index contributed by atoms with van der Waals surface area (Å²) in [6, 6.07) is 0. The Morgan fingerprint density at radius 3 is 1.49 bits per heavy atom. The van der Waals surface area contributed by atoms with Crippen LogP contribution in [0.3, 0.4) is 0 Å². The van der Waals surface area contributed by atoms with Crippen molar-refractivity contribution in [2.45, 2.75) is 153 Å². The van der Waals surface area contributed by atoms with E-state index in [4.69, 9.17) is 5.11 Å². The minimum Gasteiger partial charge on any atom is -0.481 e. The van der Waals surface area contributed by atoms with E-state index in [0.717, 1.165) is 44.9 Å². The molecule has 0 heterocycles. The standard InChI is InChI=1S/C18H33NO4.C18H32O4/c1-17(2,3)13(12-15(21)22)16(23)19-11-9-7-8-10-14(20)18(4,5)6;1-13(2)16(20)11-9-7-6-8-10-14(19)12-15(17(21)22)18(3,4)5/h13H,7-12H2,1-6H3,(H,19,23)(H,21,22);13,15H,6-12H2,1-5H3,(H,21,22). The third-order valence-electron chi connectivity index (χ3n) is 8.01. The minimum atomic E-state index is -0.958. The Kier molecular flexibility index (Phi) is 21.0. The second-order valence-electron chi connectivity index (χ2n) is 15.8. The second kappa shape index (κ2) is 21.3. The van der Waals surface area contributed by atoms with Gasteiger partial charge in [-0.3, -0.25) is 28.8 Å². The van der Waals surface area contributed by atoms with Gasteiger partial charge in [0.05, 0.1) is 18.3 Å². The van der Waals surface area contributed by atoms with Gasteiger partial charge >= 0.3 is 11.9 Å². The van der Waals surface area contributed by atoms with Crippen LogP contribution >= 0.6 is 0 Å². The van der Waals surface area contributed by atoms with Gasteiger partial charge in [0, 0.05) is 43.6 Å². The van der Waals surface area contributed by atoms with Crippen LogP contribution < -0.4 is 5.32 Å². The van der Waals surface area contributed by atoms with Gasteiger partial charge in [-0.25, -0.2) is 0 Å². The Bertz CT molecular complexity index is 948. The van der Waals surface area contributed by atoms with Crippen LogP contribution in [0.4, 0.5) is 0 Å². The van der Waals surface area contributed by atoms with Gasteiger partial charge in [-0.15, -0.1) is 0 Å². The van der Waals surface area contributed by atoms with E-state index in [2.05, 4.69) is 5.32 Å². The van der Waals surface area contributed by atoms with Gasteiger partial charge in [0.25, 0.3) is 0 Å². The third kappa shape index (κ3) is 22.6. The molecule has 0 aromatic heterocycles. The van der Waals surface area contributed by atoms with Crippen molar-refractivity contribution >= 4 is 35.2 Å². The van der Waals surface area contributed by atoms with E-state index in [0.29, 0.717) is 31.6 Å². The molecule has 9 heteroatoms. The van der Waals surface area contributed by atoms with Crippen LogP contribution in [0.25, 0.3) is 0 Å². The number of carboxylic acids is 2. The summed E-state index contributed by atoms with van der Waals surface area (Å²) in [5, 5.41) is 21.0. The van der Waals surface area contributed by atoms with Gasteiger partial charge in [0.15, 0.2) is 0 Å². The molecule has 9 nitrogen and oxygen atoms in total. The van der Waals surface area contributed by atoms with Gasteiger partial charge in [0.2, 0.25) is 5.91 Å². The molecular formula is C36H65NO8. The molecule has 0 radical (unpaired) electrons. The number of carboxylic acid groups (broad SMARTS) is 2. The van der Waals surface area contributed by atoms with E-state index in [1.54, 1.807) is 0 Å². The van der Waals surface area contributed by atoms with Crippen molar-refractivity contribution in [3.05, 3.63) is 0 Å². The fourth-order valence-electron chi connectivity index (χ4n) is 4.62. The molecule has 0 aliphatic rings. The maximum atomic E-state index is 12.2. The Labute approximate surface area is 273 Å². The predicted molar refractivity (Wildman–Crippen MR) is 179 cm³/mol. The molecule has 0 aromatic carbocycles. The number of ketones is 3. The molecule has 262 valence electrons. The molecule has 2 unspecified atom stereocenters. The van der Waals surface area contributed by atoms with E-state index in [9.17, 15) is 33.9 Å². The van der Waals surface area contributed by atoms with Crippen molar-refractivity contribution in [2.24, 2.45) is 34.0 Å². The van der Waals surface area contributed by atoms with Crippen LogP contribution in [0.5, 0.6) is 0 Å². The molecule has 0 saturated carbocycles. The van der Waals surface area contributed by atoms with Crippen LogP contribution in [-0.4, -0.2) is 52.0 Å². The number of carbonyl (C=O) groups is 6. The number of unbranched alkanes of at least 4 members (excludes halogenated alkanes) is 5. The molecule has 1 amide bonds. The van der Waals surface area contributed by atoms with Crippen molar-refractivity contribution in [3.63, 3.8) is 0 Å². The first kappa shape index (κ1) is 44.5. The van der Waals surface area contributed by atoms with Gasteiger partial charge in [-0.2, -0.15) is 0 Å². The van der Waals surface area contributed by atoms with Crippen molar-refractivity contribution in [1.29, 1.82) is 0 Å². The second-order valence-corrected chi connectivity index (χ2v) is 15.8. The highest BCUT2D eigenvalue weighted by atomic mass is 16.4. The zero-order valence-electron chi connectivity index (χ0n) is 30.3. The first-order chi connectivity index (χ1) is 20.4. The maximum Gasteiger partial charge on any atom is 0.307 e. The molecule has 0 spiro atoms. The molecule has 0 aromatic rings. The lowest BCUT2D eigenvalue weighted by molar-refractivity contribution is -0.147. The van der Waals surface area contributed by atoms with Crippen LogP contribution in [-0.2, 0) is 28.8 Å². The fourth-order valence-corrected chi connectivity index (χ4v) is 4.62. The van der Waals surface area contributed by atoms with Crippen LogP contribution in [0.15, 0.2) is 0 Å². The van der Waals surface area contributed by atoms with E-state index in [-0.39, 0.29) is 47.1 Å². The highest BCUT2D eigenvalue weighted by Crippen LogP contribution is 2.30. The van der Waals surface area contributed by atoms with E-state index in [1.807, 2.05) is 76.2 Å². The van der Waals surface area contributed by atoms with Crippen molar-refractivity contribution in [1.82, 2.24) is 5.32 Å². The van der Waals surface area contributed by atoms with Crippen molar-refractivity contribution in [2.75, 3.05) is 6.54 Å². The van der Waals surface area contributed by atoms with Crippen LogP contribution in [0.1, 0.15) is 153 Å². The molecule has 0 aliphatic heterocycles. The molecule has 45 heavy (non-hydrogen) atoms. The summed E-state index contributed by atoms with van der Waals surface area (Å²) in [6.45, 7) is 21.3. The molecule has 0 rings (SSSR count).